The summed E-state index contributed by atoms with van der Waals surface area (Å²) in [7, 11) is 0. The molecule has 1 atom stereocenters. The van der Waals surface area contributed by atoms with Gasteiger partial charge in [-0.2, -0.15) is 0 Å². The number of nitrogens with zero attached hydrogens (tertiary/aromatic N) is 1. The van der Waals surface area contributed by atoms with E-state index in [2.05, 4.69) is 49.1 Å². The summed E-state index contributed by atoms with van der Waals surface area (Å²) in [6.07, 6.45) is 9.11. The Hall–Kier alpha value is -0.980. The number of rotatable bonds is 4. The largest absolute Gasteiger partial charge is 0.369 e. The van der Waals surface area contributed by atoms with Crippen molar-refractivity contribution in [1.82, 2.24) is 0 Å². The van der Waals surface area contributed by atoms with E-state index in [0.29, 0.717) is 11.5 Å². The third-order valence-corrected chi connectivity index (χ3v) is 6.81. The highest BCUT2D eigenvalue weighted by atomic mass is 15.2. The number of hydrogen-bond donors (Lipinski definition) is 0. The highest BCUT2D eigenvalue weighted by molar-refractivity contribution is 5.47. The van der Waals surface area contributed by atoms with Gasteiger partial charge in [-0.25, -0.2) is 0 Å². The van der Waals surface area contributed by atoms with E-state index in [1.54, 1.807) is 0 Å². The average molecular weight is 282 g/mol. The van der Waals surface area contributed by atoms with E-state index in [1.807, 2.05) is 0 Å². The van der Waals surface area contributed by atoms with E-state index < -0.39 is 0 Å². The monoisotopic (exact) mass is 282 g/mol. The minimum Gasteiger partial charge on any atom is -0.369 e. The predicted octanol–water partition coefficient (Wildman–Crippen LogP) is 4.92. The molecular weight excluding hydrogens is 254 g/mol. The van der Waals surface area contributed by atoms with Gasteiger partial charge >= 0.3 is 0 Å². The smallest absolute Gasteiger partial charge is 0.0369 e. The van der Waals surface area contributed by atoms with Crippen LogP contribution in [0.25, 0.3) is 0 Å². The van der Waals surface area contributed by atoms with Gasteiger partial charge in [0.2, 0.25) is 0 Å². The Bertz CT molecular complexity index is 457. The zero-order chi connectivity index (χ0) is 14.4. The van der Waals surface area contributed by atoms with Crippen molar-refractivity contribution in [3.63, 3.8) is 0 Å². The van der Waals surface area contributed by atoms with Crippen molar-refractivity contribution < 1.29 is 0 Å². The summed E-state index contributed by atoms with van der Waals surface area (Å²) < 4.78 is 0. The number of hydrogen-bond acceptors (Lipinski definition) is 1. The van der Waals surface area contributed by atoms with Crippen molar-refractivity contribution in [3.8, 4) is 0 Å². The van der Waals surface area contributed by atoms with Crippen molar-refractivity contribution in [2.24, 2.45) is 23.2 Å². The molecule has 1 radical (unpaired) electrons. The highest BCUT2D eigenvalue weighted by Crippen LogP contribution is 2.62. The molecule has 0 amide bonds. The maximum absolute atomic E-state index is 3.16. The first-order chi connectivity index (χ1) is 10.2. The Morgan fingerprint density at radius 3 is 2.10 bits per heavy atom. The van der Waals surface area contributed by atoms with Gasteiger partial charge in [0.05, 0.1) is 0 Å². The normalized spacial score (nSPS) is 38.5. The number of benzene rings is 1. The molecular formula is C20H28N. The second kappa shape index (κ2) is 5.04. The molecule has 0 aromatic heterocycles. The van der Waals surface area contributed by atoms with Crippen molar-refractivity contribution in [2.75, 3.05) is 11.4 Å². The molecule has 1 aromatic carbocycles. The van der Waals surface area contributed by atoms with Crippen molar-refractivity contribution in [3.05, 3.63) is 30.3 Å². The van der Waals surface area contributed by atoms with Gasteiger partial charge in [-0.15, -0.1) is 0 Å². The molecule has 5 rings (SSSR count). The van der Waals surface area contributed by atoms with Crippen LogP contribution in [0.4, 0.5) is 5.69 Å². The van der Waals surface area contributed by atoms with Crippen LogP contribution in [0, 0.1) is 29.2 Å². The second-order valence-corrected chi connectivity index (χ2v) is 8.00. The average Bonchev–Trinajstić information content (AvgIpc) is 2.47. The Labute approximate surface area is 129 Å². The second-order valence-electron chi connectivity index (χ2n) is 8.00. The Morgan fingerprint density at radius 1 is 1.10 bits per heavy atom. The highest BCUT2D eigenvalue weighted by Gasteiger charge is 2.54. The van der Waals surface area contributed by atoms with Gasteiger partial charge < -0.3 is 4.90 Å². The van der Waals surface area contributed by atoms with E-state index in [4.69, 9.17) is 0 Å². The lowest BCUT2D eigenvalue weighted by molar-refractivity contribution is -0.0649. The van der Waals surface area contributed by atoms with Crippen LogP contribution in [0.15, 0.2) is 24.3 Å². The topological polar surface area (TPSA) is 3.24 Å². The zero-order valence-electron chi connectivity index (χ0n) is 13.5. The summed E-state index contributed by atoms with van der Waals surface area (Å²) in [5.41, 5.74) is 1.99. The molecule has 1 unspecified atom stereocenters. The van der Waals surface area contributed by atoms with Gasteiger partial charge in [0.15, 0.2) is 0 Å². The van der Waals surface area contributed by atoms with E-state index in [-0.39, 0.29) is 0 Å². The first kappa shape index (κ1) is 13.7. The maximum atomic E-state index is 3.16. The standard InChI is InChI=1S/C20H28N/c1-3-21(19-7-5-4-6-8-19)15(2)20-12-16-9-17(13-20)11-18(10-16)14-20/h5-8,15-18H,3,9-14H2,1-2H3. The van der Waals surface area contributed by atoms with Crippen molar-refractivity contribution in [1.29, 1.82) is 0 Å². The molecule has 0 spiro atoms. The first-order valence-corrected chi connectivity index (χ1v) is 8.93. The first-order valence-electron chi connectivity index (χ1n) is 8.93. The van der Waals surface area contributed by atoms with Crippen LogP contribution in [-0.2, 0) is 0 Å². The molecule has 1 heteroatoms. The van der Waals surface area contributed by atoms with E-state index in [1.165, 1.54) is 44.2 Å². The van der Waals surface area contributed by atoms with Crippen LogP contribution in [-0.4, -0.2) is 12.6 Å². The predicted molar refractivity (Wildman–Crippen MR) is 88.4 cm³/mol. The lowest BCUT2D eigenvalue weighted by atomic mass is 9.47. The van der Waals surface area contributed by atoms with Gasteiger partial charge in [-0.05, 0) is 93.7 Å². The van der Waals surface area contributed by atoms with Gasteiger partial charge in [0.1, 0.15) is 0 Å². The summed E-state index contributed by atoms with van der Waals surface area (Å²) in [5.74, 6) is 3.13. The van der Waals surface area contributed by atoms with Crippen LogP contribution < -0.4 is 4.90 Å². The van der Waals surface area contributed by atoms with Crippen LogP contribution in [0.3, 0.4) is 0 Å². The summed E-state index contributed by atoms with van der Waals surface area (Å²) in [5, 5.41) is 0. The Morgan fingerprint density at radius 2 is 1.62 bits per heavy atom. The third-order valence-electron chi connectivity index (χ3n) is 6.81. The van der Waals surface area contributed by atoms with Crippen LogP contribution in [0.2, 0.25) is 0 Å². The van der Waals surface area contributed by atoms with E-state index >= 15 is 0 Å². The molecule has 4 fully saturated rings. The molecule has 113 valence electrons. The van der Waals surface area contributed by atoms with Crippen LogP contribution in [0.1, 0.15) is 52.4 Å². The molecule has 4 aliphatic rings. The molecule has 1 nitrogen and oxygen atoms in total. The van der Waals surface area contributed by atoms with E-state index in [9.17, 15) is 0 Å². The summed E-state index contributed by atoms with van der Waals surface area (Å²) in [6, 6.07) is 12.4. The van der Waals surface area contributed by atoms with Gasteiger partial charge in [-0.1, -0.05) is 12.1 Å². The molecule has 0 aliphatic heterocycles. The molecule has 4 bridgehead atoms. The fourth-order valence-electron chi connectivity index (χ4n) is 6.27. The van der Waals surface area contributed by atoms with Gasteiger partial charge in [0, 0.05) is 18.3 Å². The molecule has 1 aromatic rings. The third kappa shape index (κ3) is 2.20. The quantitative estimate of drug-likeness (QED) is 0.758. The molecule has 0 heterocycles. The minimum atomic E-state index is 0.602. The SMILES string of the molecule is CCN(c1cc[c]cc1)C(C)C12CC3CC(CC(C3)C1)C2. The molecule has 4 aliphatic carbocycles. The van der Waals surface area contributed by atoms with Crippen LogP contribution >= 0.6 is 0 Å². The zero-order valence-corrected chi connectivity index (χ0v) is 13.5. The Balaban J connectivity index is 1.62. The summed E-state index contributed by atoms with van der Waals surface area (Å²) in [6.45, 7) is 5.94. The fraction of sp³-hybridized carbons (Fsp3) is 0.700. The van der Waals surface area contributed by atoms with Crippen molar-refractivity contribution in [2.45, 2.75) is 58.4 Å². The van der Waals surface area contributed by atoms with Gasteiger partial charge in [0.25, 0.3) is 0 Å². The van der Waals surface area contributed by atoms with Gasteiger partial charge in [-0.3, -0.25) is 0 Å². The lowest BCUT2D eigenvalue weighted by Crippen LogP contribution is -2.56. The minimum absolute atomic E-state index is 0.602. The summed E-state index contributed by atoms with van der Waals surface area (Å²) >= 11 is 0. The molecule has 21 heavy (non-hydrogen) atoms. The van der Waals surface area contributed by atoms with Crippen molar-refractivity contribution >= 4 is 5.69 Å². The lowest BCUT2D eigenvalue weighted by Gasteiger charge is -2.60. The molecule has 4 saturated carbocycles. The van der Waals surface area contributed by atoms with Crippen LogP contribution in [0.5, 0.6) is 0 Å². The van der Waals surface area contributed by atoms with E-state index in [0.717, 1.165) is 24.3 Å². The molecule has 0 saturated heterocycles. The Kier molecular flexibility index (Phi) is 3.28. The fourth-order valence-corrected chi connectivity index (χ4v) is 6.27. The molecule has 0 N–H and O–H groups in total. The maximum Gasteiger partial charge on any atom is 0.0369 e. The number of anilines is 1. The summed E-state index contributed by atoms with van der Waals surface area (Å²) in [4.78, 5) is 2.65.